The third-order valence-electron chi connectivity index (χ3n) is 5.83. The molecule has 7 nitrogen and oxygen atoms in total. The number of carboxylic acid groups (broad SMARTS) is 1. The summed E-state index contributed by atoms with van der Waals surface area (Å²) in [5.41, 5.74) is -0.149. The van der Waals surface area contributed by atoms with Crippen LogP contribution in [0.25, 0.3) is 0 Å². The number of ether oxygens (including phenoxy) is 1. The van der Waals surface area contributed by atoms with Gasteiger partial charge in [-0.1, -0.05) is 37.3 Å². The lowest BCUT2D eigenvalue weighted by molar-refractivity contribution is -0.00120. The van der Waals surface area contributed by atoms with Gasteiger partial charge in [-0.3, -0.25) is 4.90 Å². The number of hydrogen-bond donors (Lipinski definition) is 2. The van der Waals surface area contributed by atoms with E-state index in [9.17, 15) is 14.7 Å². The Hall–Kier alpha value is -2.02. The molecule has 2 N–H and O–H groups in total. The molecule has 3 rings (SSSR count). The first kappa shape index (κ1) is 23.6. The monoisotopic (exact) mass is 464 g/mol. The molecule has 0 spiro atoms. The zero-order valence-corrected chi connectivity index (χ0v) is 19.4. The van der Waals surface area contributed by atoms with E-state index in [1.165, 1.54) is 28.5 Å². The lowest BCUT2D eigenvalue weighted by Gasteiger charge is -2.43. The van der Waals surface area contributed by atoms with Crippen molar-refractivity contribution in [1.29, 1.82) is 0 Å². The highest BCUT2D eigenvalue weighted by Gasteiger charge is 2.42. The van der Waals surface area contributed by atoms with Crippen LogP contribution < -0.4 is 0 Å². The van der Waals surface area contributed by atoms with E-state index >= 15 is 0 Å². The van der Waals surface area contributed by atoms with Gasteiger partial charge in [-0.15, -0.1) is 23.2 Å². The largest absolute Gasteiger partial charge is 0.476 e. The zero-order valence-electron chi connectivity index (χ0n) is 17.7. The van der Waals surface area contributed by atoms with E-state index < -0.39 is 12.1 Å². The van der Waals surface area contributed by atoms with Crippen molar-refractivity contribution in [2.24, 2.45) is 5.41 Å². The Morgan fingerprint density at radius 1 is 1.52 bits per heavy atom. The van der Waals surface area contributed by atoms with Crippen LogP contribution in [0.15, 0.2) is 21.9 Å². The van der Waals surface area contributed by atoms with Gasteiger partial charge in [0.1, 0.15) is 6.10 Å². The van der Waals surface area contributed by atoms with Crippen LogP contribution in [0.4, 0.5) is 4.79 Å². The van der Waals surface area contributed by atoms with Gasteiger partial charge in [0.05, 0.1) is 12.1 Å². The Bertz CT molecular complexity index is 884. The molecule has 3 atom stereocenters. The molecule has 0 bridgehead atoms. The van der Waals surface area contributed by atoms with Gasteiger partial charge in [-0.05, 0) is 19.8 Å². The third-order valence-corrected chi connectivity index (χ3v) is 7.83. The van der Waals surface area contributed by atoms with Crippen LogP contribution in [0.3, 0.4) is 0 Å². The summed E-state index contributed by atoms with van der Waals surface area (Å²) in [5.74, 6) is 5.80. The highest BCUT2D eigenvalue weighted by molar-refractivity contribution is 8.01. The highest BCUT2D eigenvalue weighted by Crippen LogP contribution is 2.47. The van der Waals surface area contributed by atoms with Crippen LogP contribution in [-0.2, 0) is 4.74 Å². The van der Waals surface area contributed by atoms with Gasteiger partial charge in [0.25, 0.3) is 0 Å². The van der Waals surface area contributed by atoms with Crippen LogP contribution in [0.1, 0.15) is 56.4 Å². The van der Waals surface area contributed by atoms with E-state index in [0.717, 1.165) is 25.7 Å². The maximum atomic E-state index is 12.3. The number of carbonyl (C=O) groups excluding carboxylic acids is 1. The number of thioether (sulfide) groups is 1. The number of aromatic carboxylic acids is 1. The van der Waals surface area contributed by atoms with E-state index in [-0.39, 0.29) is 29.3 Å². The Labute approximate surface area is 190 Å². The predicted molar refractivity (Wildman–Crippen MR) is 120 cm³/mol. The first-order chi connectivity index (χ1) is 14.9. The first-order valence-electron chi connectivity index (χ1n) is 10.5. The first-order valence-corrected chi connectivity index (χ1v) is 12.3. The van der Waals surface area contributed by atoms with Crippen molar-refractivity contribution >= 4 is 35.2 Å². The van der Waals surface area contributed by atoms with Crippen molar-refractivity contribution in [3.05, 3.63) is 23.2 Å². The molecule has 1 saturated carbocycles. The van der Waals surface area contributed by atoms with Crippen molar-refractivity contribution in [2.75, 3.05) is 12.3 Å². The minimum atomic E-state index is -1.05. The van der Waals surface area contributed by atoms with Crippen molar-refractivity contribution in [1.82, 2.24) is 9.88 Å². The van der Waals surface area contributed by atoms with Crippen molar-refractivity contribution in [3.63, 3.8) is 0 Å². The summed E-state index contributed by atoms with van der Waals surface area (Å²) in [6, 6.07) is -0.257. The molecule has 1 aliphatic heterocycles. The van der Waals surface area contributed by atoms with Crippen molar-refractivity contribution < 1.29 is 24.5 Å². The number of nitrogens with zero attached hydrogens (tertiary/aromatic N) is 2. The molecular weight excluding hydrogens is 436 g/mol. The SMILES string of the molecule is CCC#CCC1(C(O)C=CC2C(C)OC(=O)N2CCSc2nc(C(=O)O)cs2)CCC1. The van der Waals surface area contributed by atoms with Gasteiger partial charge in [-0.25, -0.2) is 14.6 Å². The number of aliphatic hydroxyl groups is 1. The molecule has 0 aromatic carbocycles. The molecular formula is C22H28N2O5S2. The summed E-state index contributed by atoms with van der Waals surface area (Å²) in [6.07, 6.45) is 6.91. The molecule has 1 saturated heterocycles. The maximum absolute atomic E-state index is 12.3. The molecule has 9 heteroatoms. The van der Waals surface area contributed by atoms with Gasteiger partial charge in [0, 0.05) is 35.9 Å². The van der Waals surface area contributed by atoms with Crippen LogP contribution in [0, 0.1) is 17.3 Å². The number of aromatic nitrogens is 1. The highest BCUT2D eigenvalue weighted by atomic mass is 32.2. The summed E-state index contributed by atoms with van der Waals surface area (Å²) >= 11 is 2.68. The number of cyclic esters (lactones) is 1. The summed E-state index contributed by atoms with van der Waals surface area (Å²) in [5, 5.41) is 21.3. The number of thiazole rings is 1. The van der Waals surface area contributed by atoms with E-state index in [0.29, 0.717) is 23.1 Å². The summed E-state index contributed by atoms with van der Waals surface area (Å²) in [6.45, 7) is 4.30. The minimum absolute atomic E-state index is 0.0325. The van der Waals surface area contributed by atoms with Crippen LogP contribution in [0.5, 0.6) is 0 Å². The lowest BCUT2D eigenvalue weighted by Crippen LogP contribution is -2.41. The van der Waals surface area contributed by atoms with E-state index in [1.54, 1.807) is 11.0 Å². The molecule has 1 aromatic heterocycles. The average Bonchev–Trinajstić information content (AvgIpc) is 3.27. The van der Waals surface area contributed by atoms with Crippen LogP contribution in [-0.4, -0.2) is 62.7 Å². The van der Waals surface area contributed by atoms with Crippen LogP contribution in [0.2, 0.25) is 0 Å². The molecule has 3 unspecified atom stereocenters. The molecule has 1 aliphatic carbocycles. The second kappa shape index (κ2) is 10.5. The van der Waals surface area contributed by atoms with E-state index in [1.807, 2.05) is 19.9 Å². The topological polar surface area (TPSA) is 100.0 Å². The molecule has 1 amide bonds. The summed E-state index contributed by atoms with van der Waals surface area (Å²) in [4.78, 5) is 28.9. The smallest absolute Gasteiger partial charge is 0.410 e. The van der Waals surface area contributed by atoms with Gasteiger partial charge >= 0.3 is 12.1 Å². The molecule has 1 aromatic rings. The number of carbonyl (C=O) groups is 2. The Morgan fingerprint density at radius 2 is 2.29 bits per heavy atom. The fourth-order valence-corrected chi connectivity index (χ4v) is 5.63. The molecule has 0 radical (unpaired) electrons. The summed E-state index contributed by atoms with van der Waals surface area (Å²) in [7, 11) is 0. The average molecular weight is 465 g/mol. The third kappa shape index (κ3) is 5.62. The fraction of sp³-hybridized carbons (Fsp3) is 0.591. The number of hydrogen-bond acceptors (Lipinski definition) is 7. The van der Waals surface area contributed by atoms with E-state index in [2.05, 4.69) is 16.8 Å². The molecule has 168 valence electrons. The standard InChI is InChI=1S/C22H28N2O5S2/c1-3-4-5-9-22(10-6-11-22)18(25)8-7-17-15(2)29-21(28)24(17)12-13-30-20-23-16(14-31-20)19(26)27/h7-8,14-15,17-18,25H,3,6,9-13H2,1-2H3,(H,26,27). The molecule has 2 heterocycles. The van der Waals surface area contributed by atoms with Gasteiger partial charge < -0.3 is 14.9 Å². The fourth-order valence-electron chi connectivity index (χ4n) is 3.82. The Balaban J connectivity index is 1.59. The summed E-state index contributed by atoms with van der Waals surface area (Å²) < 4.78 is 6.05. The molecule has 31 heavy (non-hydrogen) atoms. The molecule has 2 aliphatic rings. The maximum Gasteiger partial charge on any atom is 0.410 e. The minimum Gasteiger partial charge on any atom is -0.476 e. The zero-order chi connectivity index (χ0) is 22.4. The Kier molecular flexibility index (Phi) is 8.03. The molecule has 2 fully saturated rings. The normalized spacial score (nSPS) is 23.2. The quantitative estimate of drug-likeness (QED) is 0.323. The van der Waals surface area contributed by atoms with Crippen molar-refractivity contribution in [3.8, 4) is 11.8 Å². The number of carboxylic acids is 1. The predicted octanol–water partition coefficient (Wildman–Crippen LogP) is 4.03. The second-order valence-electron chi connectivity index (χ2n) is 7.85. The number of amides is 1. The van der Waals surface area contributed by atoms with Gasteiger partial charge in [-0.2, -0.15) is 0 Å². The Morgan fingerprint density at radius 3 is 2.90 bits per heavy atom. The van der Waals surface area contributed by atoms with Crippen molar-refractivity contribution in [2.45, 2.75) is 68.5 Å². The van der Waals surface area contributed by atoms with E-state index in [4.69, 9.17) is 9.84 Å². The lowest BCUT2D eigenvalue weighted by atomic mass is 9.63. The van der Waals surface area contributed by atoms with Gasteiger partial charge in [0.2, 0.25) is 0 Å². The van der Waals surface area contributed by atoms with Crippen LogP contribution >= 0.6 is 23.1 Å². The number of aliphatic hydroxyl groups excluding tert-OH is 1. The number of rotatable bonds is 9. The second-order valence-corrected chi connectivity index (χ2v) is 10.1. The van der Waals surface area contributed by atoms with Gasteiger partial charge in [0.15, 0.2) is 10.0 Å².